The van der Waals surface area contributed by atoms with E-state index in [4.69, 9.17) is 9.84 Å². The zero-order chi connectivity index (χ0) is 19.1. The highest BCUT2D eigenvalue weighted by Crippen LogP contribution is 2.36. The molecule has 3 rings (SSSR count). The third-order valence-corrected chi connectivity index (χ3v) is 6.18. The molecular formula is C22H27BrClNO2S. The summed E-state index contributed by atoms with van der Waals surface area (Å²) < 4.78 is 8.31. The fourth-order valence-electron chi connectivity index (χ4n) is 3.15. The van der Waals surface area contributed by atoms with Gasteiger partial charge in [-0.2, -0.15) is 0 Å². The van der Waals surface area contributed by atoms with Gasteiger partial charge < -0.3 is 14.7 Å². The molecule has 28 heavy (non-hydrogen) atoms. The van der Waals surface area contributed by atoms with Gasteiger partial charge in [-0.15, -0.1) is 23.7 Å². The van der Waals surface area contributed by atoms with Gasteiger partial charge in [-0.25, -0.2) is 0 Å². The minimum atomic E-state index is 0. The number of thiophene rings is 1. The Morgan fingerprint density at radius 3 is 2.57 bits per heavy atom. The molecule has 0 aliphatic rings. The van der Waals surface area contributed by atoms with E-state index in [0.717, 1.165) is 49.3 Å². The van der Waals surface area contributed by atoms with Crippen LogP contribution in [0.2, 0.25) is 0 Å². The predicted molar refractivity (Wildman–Crippen MR) is 126 cm³/mol. The van der Waals surface area contributed by atoms with Gasteiger partial charge in [-0.1, -0.05) is 35.0 Å². The highest BCUT2D eigenvalue weighted by Gasteiger charge is 2.08. The highest BCUT2D eigenvalue weighted by atomic mass is 79.9. The minimum Gasteiger partial charge on any atom is -0.494 e. The van der Waals surface area contributed by atoms with Crippen LogP contribution in [-0.4, -0.2) is 42.9 Å². The first kappa shape index (κ1) is 23.2. The molecule has 0 atom stereocenters. The Balaban J connectivity index is 0.00000280. The lowest BCUT2D eigenvalue weighted by Gasteiger charge is -2.18. The van der Waals surface area contributed by atoms with Crippen LogP contribution >= 0.6 is 39.7 Å². The molecule has 0 aliphatic carbocycles. The van der Waals surface area contributed by atoms with Gasteiger partial charge in [0.2, 0.25) is 0 Å². The maximum Gasteiger partial charge on any atom is 0.120 e. The number of aliphatic hydroxyl groups excluding tert-OH is 1. The van der Waals surface area contributed by atoms with Crippen LogP contribution in [-0.2, 0) is 0 Å². The smallest absolute Gasteiger partial charge is 0.120 e. The van der Waals surface area contributed by atoms with Gasteiger partial charge in [0.05, 0.1) is 13.2 Å². The van der Waals surface area contributed by atoms with Crippen molar-refractivity contribution in [2.45, 2.75) is 19.8 Å². The predicted octanol–water partition coefficient (Wildman–Crippen LogP) is 6.23. The van der Waals surface area contributed by atoms with E-state index in [1.165, 1.54) is 21.2 Å². The fraction of sp³-hybridized carbons (Fsp3) is 0.364. The molecule has 0 unspecified atom stereocenters. The summed E-state index contributed by atoms with van der Waals surface area (Å²) in [6.45, 7) is 5.84. The number of rotatable bonds is 10. The maximum atomic E-state index is 9.02. The summed E-state index contributed by atoms with van der Waals surface area (Å²) in [5, 5.41) is 12.5. The maximum absolute atomic E-state index is 9.02. The molecule has 0 amide bonds. The van der Waals surface area contributed by atoms with Gasteiger partial charge in [-0.3, -0.25) is 0 Å². The summed E-state index contributed by atoms with van der Waals surface area (Å²) in [6.07, 6.45) is 2.11. The Morgan fingerprint density at radius 1 is 1.07 bits per heavy atom. The van der Waals surface area contributed by atoms with Crippen molar-refractivity contribution in [1.29, 1.82) is 0 Å². The number of hydrogen-bond donors (Lipinski definition) is 1. The van der Waals surface area contributed by atoms with Crippen molar-refractivity contribution in [2.75, 3.05) is 32.8 Å². The normalized spacial score (nSPS) is 11.0. The summed E-state index contributed by atoms with van der Waals surface area (Å²) in [6, 6.07) is 14.8. The lowest BCUT2D eigenvalue weighted by Crippen LogP contribution is -2.27. The summed E-state index contributed by atoms with van der Waals surface area (Å²) in [7, 11) is 0. The number of fused-ring (bicyclic) bond motifs is 1. The molecule has 152 valence electrons. The van der Waals surface area contributed by atoms with Crippen LogP contribution in [0.15, 0.2) is 52.3 Å². The molecule has 0 aliphatic heterocycles. The summed E-state index contributed by atoms with van der Waals surface area (Å²) >= 11 is 5.26. The number of aliphatic hydroxyl groups is 1. The summed E-state index contributed by atoms with van der Waals surface area (Å²) in [4.78, 5) is 2.27. The Bertz CT molecular complexity index is 853. The van der Waals surface area contributed by atoms with Crippen molar-refractivity contribution in [3.8, 4) is 16.9 Å². The highest BCUT2D eigenvalue weighted by molar-refractivity contribution is 9.10. The van der Waals surface area contributed by atoms with E-state index in [0.29, 0.717) is 0 Å². The first-order valence-corrected chi connectivity index (χ1v) is 11.1. The van der Waals surface area contributed by atoms with Crippen LogP contribution in [0.5, 0.6) is 5.75 Å². The molecule has 1 heterocycles. The first-order chi connectivity index (χ1) is 13.2. The van der Waals surface area contributed by atoms with E-state index in [2.05, 4.69) is 75.6 Å². The standard InChI is InChI=1S/C22H26BrNO2S.ClH/c1-2-24(12-13-25)11-3-4-14-26-19-9-10-20-21(16-27-22(20)15-19)17-5-7-18(23)8-6-17;/h5-10,15-16,25H,2-4,11-14H2,1H3;1H. The number of ether oxygens (including phenoxy) is 1. The van der Waals surface area contributed by atoms with Crippen molar-refractivity contribution in [3.05, 3.63) is 52.3 Å². The molecule has 3 nitrogen and oxygen atoms in total. The molecule has 1 N–H and O–H groups in total. The van der Waals surface area contributed by atoms with Gasteiger partial charge >= 0.3 is 0 Å². The number of benzene rings is 2. The number of likely N-dealkylation sites (N-methyl/N-ethyl adjacent to an activating group) is 1. The van der Waals surface area contributed by atoms with Crippen molar-refractivity contribution in [1.82, 2.24) is 4.90 Å². The molecule has 0 saturated heterocycles. The van der Waals surface area contributed by atoms with E-state index in [9.17, 15) is 0 Å². The average molecular weight is 485 g/mol. The third kappa shape index (κ3) is 6.19. The molecule has 0 radical (unpaired) electrons. The minimum absolute atomic E-state index is 0. The molecule has 0 saturated carbocycles. The van der Waals surface area contributed by atoms with E-state index < -0.39 is 0 Å². The van der Waals surface area contributed by atoms with E-state index in [1.54, 1.807) is 11.3 Å². The Kier molecular flexibility index (Phi) is 9.75. The van der Waals surface area contributed by atoms with Crippen molar-refractivity contribution >= 4 is 49.8 Å². The van der Waals surface area contributed by atoms with E-state index in [-0.39, 0.29) is 19.0 Å². The lowest BCUT2D eigenvalue weighted by atomic mass is 10.1. The van der Waals surface area contributed by atoms with Crippen molar-refractivity contribution in [3.63, 3.8) is 0 Å². The molecular weight excluding hydrogens is 458 g/mol. The van der Waals surface area contributed by atoms with Crippen LogP contribution in [0.3, 0.4) is 0 Å². The Labute approximate surface area is 185 Å². The van der Waals surface area contributed by atoms with Crippen LogP contribution in [0.4, 0.5) is 0 Å². The molecule has 0 bridgehead atoms. The third-order valence-electron chi connectivity index (χ3n) is 4.70. The van der Waals surface area contributed by atoms with Crippen LogP contribution in [0.25, 0.3) is 21.2 Å². The Hall–Kier alpha value is -1.11. The van der Waals surface area contributed by atoms with Gasteiger partial charge in [0, 0.05) is 26.7 Å². The van der Waals surface area contributed by atoms with E-state index in [1.807, 2.05) is 0 Å². The van der Waals surface area contributed by atoms with Crippen LogP contribution in [0, 0.1) is 0 Å². The quantitative estimate of drug-likeness (QED) is 0.346. The van der Waals surface area contributed by atoms with Gasteiger partial charge in [0.1, 0.15) is 5.75 Å². The zero-order valence-corrected chi connectivity index (χ0v) is 19.3. The lowest BCUT2D eigenvalue weighted by molar-refractivity contribution is 0.195. The number of hydrogen-bond acceptors (Lipinski definition) is 4. The zero-order valence-electron chi connectivity index (χ0n) is 16.1. The average Bonchev–Trinajstić information content (AvgIpc) is 3.10. The second-order valence-electron chi connectivity index (χ2n) is 6.53. The van der Waals surface area contributed by atoms with Gasteiger partial charge in [-0.05, 0) is 67.2 Å². The summed E-state index contributed by atoms with van der Waals surface area (Å²) in [5.74, 6) is 0.939. The van der Waals surface area contributed by atoms with Gasteiger partial charge in [0.15, 0.2) is 0 Å². The SMILES string of the molecule is CCN(CCO)CCCCOc1ccc2c(-c3ccc(Br)cc3)csc2c1.Cl. The second-order valence-corrected chi connectivity index (χ2v) is 8.35. The number of halogens is 2. The largest absolute Gasteiger partial charge is 0.494 e. The molecule has 0 spiro atoms. The first-order valence-electron chi connectivity index (χ1n) is 9.44. The molecule has 0 fully saturated rings. The Morgan fingerprint density at radius 2 is 1.86 bits per heavy atom. The monoisotopic (exact) mass is 483 g/mol. The van der Waals surface area contributed by atoms with Crippen LogP contribution < -0.4 is 4.74 Å². The molecule has 1 aromatic heterocycles. The number of nitrogens with zero attached hydrogens (tertiary/aromatic N) is 1. The molecule has 3 aromatic rings. The topological polar surface area (TPSA) is 32.7 Å². The molecule has 6 heteroatoms. The van der Waals surface area contributed by atoms with Crippen molar-refractivity contribution < 1.29 is 9.84 Å². The fourth-order valence-corrected chi connectivity index (χ4v) is 4.41. The van der Waals surface area contributed by atoms with E-state index >= 15 is 0 Å². The second kappa shape index (κ2) is 11.8. The number of unbranched alkanes of at least 4 members (excludes halogenated alkanes) is 1. The van der Waals surface area contributed by atoms with Crippen LogP contribution in [0.1, 0.15) is 19.8 Å². The van der Waals surface area contributed by atoms with Crippen molar-refractivity contribution in [2.24, 2.45) is 0 Å². The molecule has 2 aromatic carbocycles. The summed E-state index contributed by atoms with van der Waals surface area (Å²) in [5.41, 5.74) is 2.51. The van der Waals surface area contributed by atoms with Gasteiger partial charge in [0.25, 0.3) is 0 Å².